The molecule has 0 fully saturated rings. The van der Waals surface area contributed by atoms with Gasteiger partial charge >= 0.3 is 0 Å². The fraction of sp³-hybridized carbons (Fsp3) is 0. The van der Waals surface area contributed by atoms with Crippen LogP contribution < -0.4 is 5.32 Å². The molecule has 0 saturated heterocycles. The number of aromatic nitrogens is 1. The average Bonchev–Trinajstić information content (AvgIpc) is 2.30. The van der Waals surface area contributed by atoms with Crippen LogP contribution in [0, 0.1) is 0 Å². The molecule has 0 bridgehead atoms. The normalized spacial score (nSPS) is 9.88. The van der Waals surface area contributed by atoms with Crippen molar-refractivity contribution in [1.29, 1.82) is 0 Å². The van der Waals surface area contributed by atoms with E-state index in [0.29, 0.717) is 5.69 Å². The van der Waals surface area contributed by atoms with Gasteiger partial charge in [-0.15, -0.1) is 0 Å². The molecule has 5 nitrogen and oxygen atoms in total. The first kappa shape index (κ1) is 10.9. The highest BCUT2D eigenvalue weighted by atomic mass is 16.3. The molecule has 0 spiro atoms. The Hall–Kier alpha value is -2.56. The number of phenolic OH excluding ortho intramolecular Hbond substituents is 2. The number of benzene rings is 1. The van der Waals surface area contributed by atoms with Crippen LogP contribution in [0.2, 0.25) is 0 Å². The number of phenols is 2. The summed E-state index contributed by atoms with van der Waals surface area (Å²) in [4.78, 5) is 15.6. The Balaban J connectivity index is 2.27. The number of hydrogen-bond acceptors (Lipinski definition) is 4. The van der Waals surface area contributed by atoms with Gasteiger partial charge in [-0.1, -0.05) is 6.07 Å². The van der Waals surface area contributed by atoms with Crippen LogP contribution in [-0.2, 0) is 0 Å². The lowest BCUT2D eigenvalue weighted by Crippen LogP contribution is -2.12. The van der Waals surface area contributed by atoms with Gasteiger partial charge in [0.05, 0.1) is 11.9 Å². The van der Waals surface area contributed by atoms with Gasteiger partial charge in [0.25, 0.3) is 5.91 Å². The third-order valence-electron chi connectivity index (χ3n) is 2.17. The first-order chi connectivity index (χ1) is 8.18. The Morgan fingerprint density at radius 3 is 2.41 bits per heavy atom. The molecule has 1 heterocycles. The lowest BCUT2D eigenvalue weighted by atomic mass is 10.1. The molecule has 5 heteroatoms. The molecule has 0 aliphatic carbocycles. The minimum Gasteiger partial charge on any atom is -0.507 e. The van der Waals surface area contributed by atoms with E-state index in [2.05, 4.69) is 10.3 Å². The molecule has 2 aromatic rings. The number of pyridine rings is 1. The summed E-state index contributed by atoms with van der Waals surface area (Å²) in [6.45, 7) is 0. The lowest BCUT2D eigenvalue weighted by Gasteiger charge is -2.07. The monoisotopic (exact) mass is 230 g/mol. The Morgan fingerprint density at radius 1 is 1.12 bits per heavy atom. The maximum Gasteiger partial charge on any atom is 0.263 e. The summed E-state index contributed by atoms with van der Waals surface area (Å²) in [5, 5.41) is 21.5. The van der Waals surface area contributed by atoms with Crippen molar-refractivity contribution < 1.29 is 15.0 Å². The molecular formula is C12H10N2O3. The molecule has 0 aliphatic rings. The molecule has 17 heavy (non-hydrogen) atoms. The zero-order chi connectivity index (χ0) is 12.3. The first-order valence-electron chi connectivity index (χ1n) is 4.91. The fourth-order valence-electron chi connectivity index (χ4n) is 1.39. The van der Waals surface area contributed by atoms with Crippen LogP contribution in [0.5, 0.6) is 11.5 Å². The standard InChI is InChI=1S/C12H10N2O3/c15-9-4-1-5-10(16)11(9)12(17)14-8-3-2-6-13-7-8/h1-7,15-16H,(H,14,17). The number of hydrogen-bond donors (Lipinski definition) is 3. The quantitative estimate of drug-likeness (QED) is 0.733. The third-order valence-corrected chi connectivity index (χ3v) is 2.17. The van der Waals surface area contributed by atoms with Crippen LogP contribution in [-0.4, -0.2) is 21.1 Å². The Morgan fingerprint density at radius 2 is 1.82 bits per heavy atom. The molecule has 0 radical (unpaired) electrons. The number of amides is 1. The first-order valence-corrected chi connectivity index (χ1v) is 4.91. The molecule has 3 N–H and O–H groups in total. The van der Waals surface area contributed by atoms with Gasteiger partial charge in [-0.2, -0.15) is 0 Å². The summed E-state index contributed by atoms with van der Waals surface area (Å²) in [6.07, 6.45) is 3.04. The van der Waals surface area contributed by atoms with Crippen LogP contribution in [0.15, 0.2) is 42.7 Å². The second-order valence-corrected chi connectivity index (χ2v) is 3.37. The van der Waals surface area contributed by atoms with E-state index >= 15 is 0 Å². The van der Waals surface area contributed by atoms with Gasteiger partial charge in [0.15, 0.2) is 0 Å². The van der Waals surface area contributed by atoms with Gasteiger partial charge in [0.2, 0.25) is 0 Å². The highest BCUT2D eigenvalue weighted by Gasteiger charge is 2.15. The summed E-state index contributed by atoms with van der Waals surface area (Å²) in [5.41, 5.74) is 0.330. The van der Waals surface area contributed by atoms with Crippen molar-refractivity contribution in [2.75, 3.05) is 5.32 Å². The summed E-state index contributed by atoms with van der Waals surface area (Å²) < 4.78 is 0. The summed E-state index contributed by atoms with van der Waals surface area (Å²) in [7, 11) is 0. The number of nitrogens with one attached hydrogen (secondary N) is 1. The van der Waals surface area contributed by atoms with Crippen molar-refractivity contribution in [2.24, 2.45) is 0 Å². The SMILES string of the molecule is O=C(Nc1cccnc1)c1c(O)cccc1O. The van der Waals surface area contributed by atoms with Crippen LogP contribution in [0.4, 0.5) is 5.69 Å². The number of anilines is 1. The predicted octanol–water partition coefficient (Wildman–Crippen LogP) is 1.75. The predicted molar refractivity (Wildman–Crippen MR) is 62.0 cm³/mol. The van der Waals surface area contributed by atoms with Gasteiger partial charge in [-0.05, 0) is 24.3 Å². The van der Waals surface area contributed by atoms with E-state index in [1.807, 2.05) is 0 Å². The zero-order valence-corrected chi connectivity index (χ0v) is 8.79. The maximum absolute atomic E-state index is 11.8. The summed E-state index contributed by atoms with van der Waals surface area (Å²) in [6, 6.07) is 7.43. The van der Waals surface area contributed by atoms with Crippen LogP contribution in [0.3, 0.4) is 0 Å². The second kappa shape index (κ2) is 4.52. The van der Waals surface area contributed by atoms with Gasteiger partial charge in [0.1, 0.15) is 17.1 Å². The van der Waals surface area contributed by atoms with E-state index in [0.717, 1.165) is 0 Å². The topological polar surface area (TPSA) is 82.5 Å². The van der Waals surface area contributed by atoms with Crippen molar-refractivity contribution in [1.82, 2.24) is 4.98 Å². The fourth-order valence-corrected chi connectivity index (χ4v) is 1.39. The van der Waals surface area contributed by atoms with E-state index in [4.69, 9.17) is 0 Å². The Labute approximate surface area is 97.4 Å². The molecule has 2 rings (SSSR count). The van der Waals surface area contributed by atoms with Crippen molar-refractivity contribution in [3.8, 4) is 11.5 Å². The van der Waals surface area contributed by atoms with Gasteiger partial charge in [-0.25, -0.2) is 0 Å². The highest BCUT2D eigenvalue weighted by molar-refractivity contribution is 6.07. The van der Waals surface area contributed by atoms with E-state index in [1.54, 1.807) is 18.3 Å². The highest BCUT2D eigenvalue weighted by Crippen LogP contribution is 2.26. The number of nitrogens with zero attached hydrogens (tertiary/aromatic N) is 1. The van der Waals surface area contributed by atoms with E-state index < -0.39 is 5.91 Å². The van der Waals surface area contributed by atoms with Crippen LogP contribution in [0.1, 0.15) is 10.4 Å². The largest absolute Gasteiger partial charge is 0.507 e. The van der Waals surface area contributed by atoms with E-state index in [-0.39, 0.29) is 17.1 Å². The van der Waals surface area contributed by atoms with Gasteiger partial charge in [-0.3, -0.25) is 9.78 Å². The van der Waals surface area contributed by atoms with Crippen molar-refractivity contribution in [2.45, 2.75) is 0 Å². The molecule has 1 aromatic carbocycles. The van der Waals surface area contributed by atoms with Crippen molar-refractivity contribution in [3.05, 3.63) is 48.3 Å². The van der Waals surface area contributed by atoms with Crippen LogP contribution in [0.25, 0.3) is 0 Å². The Bertz CT molecular complexity index is 520. The zero-order valence-electron chi connectivity index (χ0n) is 8.79. The Kier molecular flexibility index (Phi) is 2.91. The second-order valence-electron chi connectivity index (χ2n) is 3.37. The van der Waals surface area contributed by atoms with Crippen molar-refractivity contribution >= 4 is 11.6 Å². The summed E-state index contributed by atoms with van der Waals surface area (Å²) >= 11 is 0. The molecule has 86 valence electrons. The minimum atomic E-state index is -0.589. The number of carbonyl (C=O) groups excluding carboxylic acids is 1. The lowest BCUT2D eigenvalue weighted by molar-refractivity contribution is 0.102. The maximum atomic E-state index is 11.8. The van der Waals surface area contributed by atoms with Crippen molar-refractivity contribution in [3.63, 3.8) is 0 Å². The van der Waals surface area contributed by atoms with Gasteiger partial charge < -0.3 is 15.5 Å². The molecule has 0 aliphatic heterocycles. The molecular weight excluding hydrogens is 220 g/mol. The van der Waals surface area contributed by atoms with E-state index in [9.17, 15) is 15.0 Å². The smallest absolute Gasteiger partial charge is 0.263 e. The molecule has 0 unspecified atom stereocenters. The number of aromatic hydroxyl groups is 2. The summed E-state index contributed by atoms with van der Waals surface area (Å²) in [5.74, 6) is -1.13. The number of rotatable bonds is 2. The minimum absolute atomic E-state index is 0.156. The molecule has 1 aromatic heterocycles. The van der Waals surface area contributed by atoms with Gasteiger partial charge in [0, 0.05) is 6.20 Å². The number of carbonyl (C=O) groups is 1. The van der Waals surface area contributed by atoms with E-state index in [1.165, 1.54) is 24.4 Å². The molecule has 0 saturated carbocycles. The molecule has 0 atom stereocenters. The third kappa shape index (κ3) is 2.34. The van der Waals surface area contributed by atoms with Crippen LogP contribution >= 0.6 is 0 Å². The molecule has 1 amide bonds. The average molecular weight is 230 g/mol.